The molecule has 2 aromatic rings. The van der Waals surface area contributed by atoms with Gasteiger partial charge in [0.25, 0.3) is 0 Å². The second-order valence-corrected chi connectivity index (χ2v) is 6.37. The van der Waals surface area contributed by atoms with Crippen LogP contribution in [-0.4, -0.2) is 37.7 Å². The van der Waals surface area contributed by atoms with Crippen LogP contribution in [0, 0.1) is 11.6 Å². The zero-order chi connectivity index (χ0) is 18.1. The molecule has 26 heavy (non-hydrogen) atoms. The summed E-state index contributed by atoms with van der Waals surface area (Å²) in [5.41, 5.74) is 0. The normalized spacial score (nSPS) is 11.0. The Bertz CT molecular complexity index is 712. The maximum Gasteiger partial charge on any atom is 0.191 e. The highest BCUT2D eigenvalue weighted by molar-refractivity contribution is 14.0. The van der Waals surface area contributed by atoms with Crippen molar-refractivity contribution in [3.63, 3.8) is 0 Å². The van der Waals surface area contributed by atoms with Crippen molar-refractivity contribution in [2.45, 2.75) is 19.8 Å². The van der Waals surface area contributed by atoms with E-state index in [0.29, 0.717) is 24.9 Å². The minimum atomic E-state index is -0.920. The van der Waals surface area contributed by atoms with Crippen LogP contribution in [0.15, 0.2) is 29.4 Å². The van der Waals surface area contributed by atoms with Crippen LogP contribution in [0.3, 0.4) is 0 Å². The van der Waals surface area contributed by atoms with Crippen LogP contribution in [0.2, 0.25) is 0 Å². The summed E-state index contributed by atoms with van der Waals surface area (Å²) in [5.74, 6) is -0.863. The first-order valence-corrected chi connectivity index (χ1v) is 8.90. The van der Waals surface area contributed by atoms with E-state index in [1.54, 1.807) is 18.4 Å². The van der Waals surface area contributed by atoms with Crippen LogP contribution in [-0.2, 0) is 12.8 Å². The largest absolute Gasteiger partial charge is 0.492 e. The van der Waals surface area contributed by atoms with Gasteiger partial charge in [-0.15, -0.1) is 35.3 Å². The number of hydrogen-bond acceptors (Lipinski definition) is 4. The quantitative estimate of drug-likeness (QED) is 0.255. The summed E-state index contributed by atoms with van der Waals surface area (Å²) in [7, 11) is 1.68. The van der Waals surface area contributed by atoms with Crippen molar-refractivity contribution in [1.29, 1.82) is 0 Å². The lowest BCUT2D eigenvalue weighted by Crippen LogP contribution is -2.40. The van der Waals surface area contributed by atoms with Crippen LogP contribution >= 0.6 is 35.3 Å². The molecule has 1 heterocycles. The lowest BCUT2D eigenvalue weighted by Gasteiger charge is -2.12. The van der Waals surface area contributed by atoms with E-state index in [2.05, 4.69) is 27.5 Å². The molecule has 0 radical (unpaired) electrons. The van der Waals surface area contributed by atoms with E-state index in [1.165, 1.54) is 10.9 Å². The SMILES string of the molecule is CCc1cnc(CCNC(=NC)NCCOc2ccc(F)c(F)c2)s1.I. The van der Waals surface area contributed by atoms with Gasteiger partial charge in [0.15, 0.2) is 17.6 Å². The average Bonchev–Trinajstić information content (AvgIpc) is 3.08. The first kappa shape index (κ1) is 22.6. The number of guanidine groups is 1. The molecule has 0 saturated carbocycles. The number of hydrogen-bond donors (Lipinski definition) is 2. The predicted molar refractivity (Wildman–Crippen MR) is 112 cm³/mol. The third kappa shape index (κ3) is 7.40. The van der Waals surface area contributed by atoms with Gasteiger partial charge in [0.2, 0.25) is 0 Å². The third-order valence-corrected chi connectivity index (χ3v) is 4.56. The van der Waals surface area contributed by atoms with Gasteiger partial charge in [0.05, 0.1) is 11.6 Å². The molecule has 0 amide bonds. The van der Waals surface area contributed by atoms with E-state index in [4.69, 9.17) is 4.74 Å². The van der Waals surface area contributed by atoms with Crippen LogP contribution in [0.1, 0.15) is 16.8 Å². The van der Waals surface area contributed by atoms with Crippen molar-refractivity contribution in [2.75, 3.05) is 26.7 Å². The molecule has 0 unspecified atom stereocenters. The number of halogens is 3. The molecule has 1 aromatic carbocycles. The van der Waals surface area contributed by atoms with Crippen molar-refractivity contribution in [2.24, 2.45) is 4.99 Å². The average molecular weight is 496 g/mol. The number of aromatic nitrogens is 1. The maximum atomic E-state index is 13.1. The molecule has 0 saturated heterocycles. The van der Waals surface area contributed by atoms with E-state index >= 15 is 0 Å². The van der Waals surface area contributed by atoms with Gasteiger partial charge in [-0.3, -0.25) is 4.99 Å². The minimum absolute atomic E-state index is 0. The Labute approximate surface area is 173 Å². The van der Waals surface area contributed by atoms with Crippen LogP contribution in [0.5, 0.6) is 5.75 Å². The molecule has 0 atom stereocenters. The summed E-state index contributed by atoms with van der Waals surface area (Å²) >= 11 is 1.72. The molecule has 2 N–H and O–H groups in total. The van der Waals surface area contributed by atoms with E-state index in [1.807, 2.05) is 6.20 Å². The Morgan fingerprint density at radius 1 is 1.23 bits per heavy atom. The summed E-state index contributed by atoms with van der Waals surface area (Å²) < 4.78 is 31.3. The van der Waals surface area contributed by atoms with Gasteiger partial charge < -0.3 is 15.4 Å². The van der Waals surface area contributed by atoms with Crippen molar-refractivity contribution in [3.8, 4) is 5.75 Å². The molecule has 5 nitrogen and oxygen atoms in total. The lowest BCUT2D eigenvalue weighted by atomic mass is 10.3. The van der Waals surface area contributed by atoms with E-state index in [0.717, 1.165) is 36.5 Å². The molecule has 0 bridgehead atoms. The zero-order valence-corrected chi connectivity index (χ0v) is 17.9. The number of aryl methyl sites for hydroxylation is 1. The number of nitrogens with zero attached hydrogens (tertiary/aromatic N) is 2. The van der Waals surface area contributed by atoms with Gasteiger partial charge in [0, 0.05) is 37.2 Å². The van der Waals surface area contributed by atoms with Gasteiger partial charge >= 0.3 is 0 Å². The van der Waals surface area contributed by atoms with Gasteiger partial charge in [-0.1, -0.05) is 6.92 Å². The third-order valence-electron chi connectivity index (χ3n) is 3.36. The molecule has 0 spiro atoms. The fourth-order valence-corrected chi connectivity index (χ4v) is 2.90. The number of rotatable bonds is 8. The fraction of sp³-hybridized carbons (Fsp3) is 0.412. The standard InChI is InChI=1S/C17H22F2N4OS.HI/c1-3-13-11-23-16(25-13)6-7-21-17(20-2)22-8-9-24-12-4-5-14(18)15(19)10-12;/h4-5,10-11H,3,6-9H2,1-2H3,(H2,20,21,22);1H. The Morgan fingerprint density at radius 2 is 2.00 bits per heavy atom. The molecule has 0 fully saturated rings. The summed E-state index contributed by atoms with van der Waals surface area (Å²) in [6.07, 6.45) is 3.76. The highest BCUT2D eigenvalue weighted by Gasteiger charge is 2.04. The molecule has 144 valence electrons. The molecule has 0 aliphatic carbocycles. The summed E-state index contributed by atoms with van der Waals surface area (Å²) in [5, 5.41) is 7.40. The van der Waals surface area contributed by atoms with Crippen molar-refractivity contribution in [1.82, 2.24) is 15.6 Å². The van der Waals surface area contributed by atoms with E-state index < -0.39 is 11.6 Å². The Morgan fingerprint density at radius 3 is 2.65 bits per heavy atom. The number of aliphatic imine (C=N–C) groups is 1. The van der Waals surface area contributed by atoms with Crippen LogP contribution in [0.25, 0.3) is 0 Å². The van der Waals surface area contributed by atoms with Crippen LogP contribution in [0.4, 0.5) is 8.78 Å². The second-order valence-electron chi connectivity index (χ2n) is 5.17. The molecule has 0 aliphatic heterocycles. The monoisotopic (exact) mass is 496 g/mol. The van der Waals surface area contributed by atoms with Crippen molar-refractivity contribution >= 4 is 41.3 Å². The second kappa shape index (κ2) is 12.0. The highest BCUT2D eigenvalue weighted by atomic mass is 127. The Kier molecular flexibility index (Phi) is 10.4. The van der Waals surface area contributed by atoms with E-state index in [9.17, 15) is 8.78 Å². The van der Waals surface area contributed by atoms with Gasteiger partial charge in [-0.2, -0.15) is 0 Å². The van der Waals surface area contributed by atoms with Gasteiger partial charge in [-0.05, 0) is 18.6 Å². The minimum Gasteiger partial charge on any atom is -0.492 e. The number of ether oxygens (including phenoxy) is 1. The van der Waals surface area contributed by atoms with Gasteiger partial charge in [0.1, 0.15) is 12.4 Å². The first-order valence-electron chi connectivity index (χ1n) is 8.08. The number of thiazole rings is 1. The smallest absolute Gasteiger partial charge is 0.191 e. The molecular weight excluding hydrogens is 473 g/mol. The fourth-order valence-electron chi connectivity index (χ4n) is 2.04. The number of nitrogens with one attached hydrogen (secondary N) is 2. The topological polar surface area (TPSA) is 58.5 Å². The molecule has 1 aromatic heterocycles. The van der Waals surface area contributed by atoms with Gasteiger partial charge in [-0.25, -0.2) is 13.8 Å². The van der Waals surface area contributed by atoms with Crippen molar-refractivity contribution in [3.05, 3.63) is 45.9 Å². The van der Waals surface area contributed by atoms with Crippen molar-refractivity contribution < 1.29 is 13.5 Å². The maximum absolute atomic E-state index is 13.1. The molecule has 2 rings (SSSR count). The number of benzene rings is 1. The zero-order valence-electron chi connectivity index (χ0n) is 14.7. The molecule has 0 aliphatic rings. The molecular formula is C17H23F2IN4OS. The first-order chi connectivity index (χ1) is 12.1. The highest BCUT2D eigenvalue weighted by Crippen LogP contribution is 2.15. The molecule has 9 heteroatoms. The van der Waals surface area contributed by atoms with Crippen LogP contribution < -0.4 is 15.4 Å². The summed E-state index contributed by atoms with van der Waals surface area (Å²) in [6, 6.07) is 3.46. The summed E-state index contributed by atoms with van der Waals surface area (Å²) in [6.45, 7) is 3.62. The lowest BCUT2D eigenvalue weighted by molar-refractivity contribution is 0.318. The Hall–Kier alpha value is -1.49. The predicted octanol–water partition coefficient (Wildman–Crippen LogP) is 3.39. The Balaban J connectivity index is 0.00000338. The van der Waals surface area contributed by atoms with E-state index in [-0.39, 0.29) is 24.0 Å². The summed E-state index contributed by atoms with van der Waals surface area (Å²) in [4.78, 5) is 9.78.